The van der Waals surface area contributed by atoms with E-state index in [1.807, 2.05) is 6.92 Å². The van der Waals surface area contributed by atoms with E-state index in [9.17, 15) is 0 Å². The van der Waals surface area contributed by atoms with Crippen LogP contribution in [0, 0.1) is 13.0 Å². The largest absolute Gasteiger partial charge is 0.506 e. The van der Waals surface area contributed by atoms with Crippen molar-refractivity contribution in [3.8, 4) is 5.75 Å². The SMILES string of the molecule is Cc1c[c]cc(Br)c1O. The third-order valence-corrected chi connectivity index (χ3v) is 1.71. The van der Waals surface area contributed by atoms with Crippen LogP contribution in [-0.2, 0) is 0 Å². The van der Waals surface area contributed by atoms with E-state index in [2.05, 4.69) is 22.0 Å². The molecule has 0 aromatic heterocycles. The van der Waals surface area contributed by atoms with Crippen molar-refractivity contribution in [2.45, 2.75) is 6.92 Å². The summed E-state index contributed by atoms with van der Waals surface area (Å²) in [4.78, 5) is 0. The summed E-state index contributed by atoms with van der Waals surface area (Å²) >= 11 is 3.16. The lowest BCUT2D eigenvalue weighted by molar-refractivity contribution is 0.467. The van der Waals surface area contributed by atoms with Crippen LogP contribution < -0.4 is 0 Å². The lowest BCUT2D eigenvalue weighted by Crippen LogP contribution is -1.73. The Hall–Kier alpha value is -0.500. The molecule has 0 heterocycles. The van der Waals surface area contributed by atoms with E-state index in [4.69, 9.17) is 5.11 Å². The first-order valence-corrected chi connectivity index (χ1v) is 3.36. The Labute approximate surface area is 62.5 Å². The van der Waals surface area contributed by atoms with Gasteiger partial charge in [-0.15, -0.1) is 0 Å². The summed E-state index contributed by atoms with van der Waals surface area (Å²) in [5.41, 5.74) is 0.837. The van der Waals surface area contributed by atoms with E-state index < -0.39 is 0 Å². The number of hydrogen-bond acceptors (Lipinski definition) is 1. The first kappa shape index (κ1) is 6.62. The fourth-order valence-corrected chi connectivity index (χ4v) is 1.01. The zero-order valence-corrected chi connectivity index (χ0v) is 6.57. The molecule has 0 aliphatic heterocycles. The van der Waals surface area contributed by atoms with Crippen molar-refractivity contribution in [1.29, 1.82) is 0 Å². The second-order valence-electron chi connectivity index (χ2n) is 1.83. The van der Waals surface area contributed by atoms with E-state index in [0.717, 1.165) is 5.56 Å². The van der Waals surface area contributed by atoms with Crippen molar-refractivity contribution in [2.24, 2.45) is 0 Å². The molecule has 2 heteroatoms. The first-order chi connectivity index (χ1) is 4.22. The summed E-state index contributed by atoms with van der Waals surface area (Å²) in [6.07, 6.45) is 0. The Bertz CT molecular complexity index is 200. The number of hydrogen-bond donors (Lipinski definition) is 1. The molecule has 0 aliphatic carbocycles. The summed E-state index contributed by atoms with van der Waals surface area (Å²) in [7, 11) is 0. The molecule has 0 atom stereocenters. The molecule has 0 unspecified atom stereocenters. The normalized spacial score (nSPS) is 9.56. The summed E-state index contributed by atoms with van der Waals surface area (Å²) in [5.74, 6) is 0.300. The molecule has 0 aliphatic rings. The first-order valence-electron chi connectivity index (χ1n) is 2.57. The van der Waals surface area contributed by atoms with E-state index >= 15 is 0 Å². The minimum absolute atomic E-state index is 0.300. The predicted octanol–water partition coefficient (Wildman–Crippen LogP) is 2.26. The molecule has 0 amide bonds. The summed E-state index contributed by atoms with van der Waals surface area (Å²) in [6.45, 7) is 1.83. The summed E-state index contributed by atoms with van der Waals surface area (Å²) in [5, 5.41) is 9.14. The topological polar surface area (TPSA) is 20.2 Å². The van der Waals surface area contributed by atoms with Gasteiger partial charge in [0.15, 0.2) is 0 Å². The van der Waals surface area contributed by atoms with E-state index in [1.54, 1.807) is 12.1 Å². The molecule has 47 valence electrons. The van der Waals surface area contributed by atoms with Crippen LogP contribution in [0.2, 0.25) is 0 Å². The molecular weight excluding hydrogens is 180 g/mol. The van der Waals surface area contributed by atoms with Crippen LogP contribution >= 0.6 is 15.9 Å². The highest BCUT2D eigenvalue weighted by molar-refractivity contribution is 9.10. The van der Waals surface area contributed by atoms with Crippen LogP contribution in [0.5, 0.6) is 5.75 Å². The van der Waals surface area contributed by atoms with Gasteiger partial charge in [-0.05, 0) is 46.6 Å². The maximum absolute atomic E-state index is 9.14. The number of aryl methyl sites for hydroxylation is 1. The van der Waals surface area contributed by atoms with Crippen LogP contribution in [0.25, 0.3) is 0 Å². The van der Waals surface area contributed by atoms with Crippen LogP contribution in [0.3, 0.4) is 0 Å². The van der Waals surface area contributed by atoms with Crippen molar-refractivity contribution in [2.75, 3.05) is 0 Å². The predicted molar refractivity (Wildman–Crippen MR) is 39.4 cm³/mol. The lowest BCUT2D eigenvalue weighted by Gasteiger charge is -1.97. The molecule has 0 bridgehead atoms. The van der Waals surface area contributed by atoms with Crippen LogP contribution in [0.15, 0.2) is 16.6 Å². The van der Waals surface area contributed by atoms with E-state index in [-0.39, 0.29) is 0 Å². The van der Waals surface area contributed by atoms with E-state index in [1.165, 1.54) is 0 Å². The number of phenolic OH excluding ortho intramolecular Hbond substituents is 1. The summed E-state index contributed by atoms with van der Waals surface area (Å²) < 4.78 is 0.697. The Kier molecular flexibility index (Phi) is 1.76. The smallest absolute Gasteiger partial charge is 0.132 e. The Morgan fingerprint density at radius 1 is 1.56 bits per heavy atom. The van der Waals surface area contributed by atoms with Crippen LogP contribution in [0.4, 0.5) is 0 Å². The number of rotatable bonds is 0. The molecule has 0 saturated heterocycles. The molecule has 0 saturated carbocycles. The molecule has 9 heavy (non-hydrogen) atoms. The third kappa shape index (κ3) is 1.24. The summed E-state index contributed by atoms with van der Waals surface area (Å²) in [6, 6.07) is 6.28. The van der Waals surface area contributed by atoms with Gasteiger partial charge in [-0.25, -0.2) is 0 Å². The van der Waals surface area contributed by atoms with Gasteiger partial charge in [0.05, 0.1) is 4.47 Å². The van der Waals surface area contributed by atoms with Crippen molar-refractivity contribution < 1.29 is 5.11 Å². The van der Waals surface area contributed by atoms with Gasteiger partial charge in [-0.3, -0.25) is 0 Å². The number of aromatic hydroxyl groups is 1. The van der Waals surface area contributed by atoms with Crippen molar-refractivity contribution in [3.63, 3.8) is 0 Å². The lowest BCUT2D eigenvalue weighted by atomic mass is 10.2. The quantitative estimate of drug-likeness (QED) is 0.658. The number of benzene rings is 1. The molecular formula is C7H6BrO. The van der Waals surface area contributed by atoms with Gasteiger partial charge in [-0.2, -0.15) is 0 Å². The highest BCUT2D eigenvalue weighted by Gasteiger charge is 1.97. The second kappa shape index (κ2) is 2.40. The van der Waals surface area contributed by atoms with E-state index in [0.29, 0.717) is 10.2 Å². The molecule has 1 nitrogen and oxygen atoms in total. The average molecular weight is 186 g/mol. The van der Waals surface area contributed by atoms with Gasteiger partial charge in [0, 0.05) is 0 Å². The van der Waals surface area contributed by atoms with Gasteiger partial charge < -0.3 is 5.11 Å². The molecule has 1 N–H and O–H groups in total. The molecule has 0 spiro atoms. The molecule has 1 radical (unpaired) electrons. The number of phenols is 1. The second-order valence-corrected chi connectivity index (χ2v) is 2.69. The fraction of sp³-hybridized carbons (Fsp3) is 0.143. The van der Waals surface area contributed by atoms with Crippen molar-refractivity contribution in [3.05, 3.63) is 28.2 Å². The fourth-order valence-electron chi connectivity index (χ4n) is 0.565. The van der Waals surface area contributed by atoms with Crippen molar-refractivity contribution in [1.82, 2.24) is 0 Å². The molecule has 1 aromatic rings. The molecule has 1 aromatic carbocycles. The Balaban J connectivity index is 3.25. The van der Waals surface area contributed by atoms with Gasteiger partial charge >= 0.3 is 0 Å². The minimum Gasteiger partial charge on any atom is -0.506 e. The highest BCUT2D eigenvalue weighted by Crippen LogP contribution is 2.25. The monoisotopic (exact) mass is 185 g/mol. The third-order valence-electron chi connectivity index (χ3n) is 1.11. The van der Waals surface area contributed by atoms with Crippen LogP contribution in [-0.4, -0.2) is 5.11 Å². The molecule has 1 rings (SSSR count). The van der Waals surface area contributed by atoms with Gasteiger partial charge in [-0.1, -0.05) is 0 Å². The standard InChI is InChI=1S/C7H6BrO/c1-5-3-2-4-6(8)7(5)9/h3-4,9H,1H3. The van der Waals surface area contributed by atoms with Gasteiger partial charge in [0.2, 0.25) is 0 Å². The van der Waals surface area contributed by atoms with Gasteiger partial charge in [0.25, 0.3) is 0 Å². The molecule has 0 fully saturated rings. The van der Waals surface area contributed by atoms with Crippen LogP contribution in [0.1, 0.15) is 5.56 Å². The zero-order valence-electron chi connectivity index (χ0n) is 4.98. The average Bonchev–Trinajstić information content (AvgIpc) is 1.83. The maximum Gasteiger partial charge on any atom is 0.132 e. The maximum atomic E-state index is 9.14. The Morgan fingerprint density at radius 2 is 2.22 bits per heavy atom. The Morgan fingerprint density at radius 3 is 2.67 bits per heavy atom. The minimum atomic E-state index is 0.300. The highest BCUT2D eigenvalue weighted by atomic mass is 79.9. The zero-order chi connectivity index (χ0) is 6.85. The number of halogens is 1. The van der Waals surface area contributed by atoms with Gasteiger partial charge in [0.1, 0.15) is 5.75 Å². The van der Waals surface area contributed by atoms with Crippen molar-refractivity contribution >= 4 is 15.9 Å².